The first kappa shape index (κ1) is 64.8. The average molecular weight is 1150 g/mol. The van der Waals surface area contributed by atoms with E-state index in [9.17, 15) is 28.8 Å². The highest BCUT2D eigenvalue weighted by molar-refractivity contribution is 6.15. The Kier molecular flexibility index (Phi) is 23.0. The Bertz CT molecular complexity index is 3710. The number of amides is 4. The second kappa shape index (κ2) is 30.1. The molecule has 0 saturated heterocycles. The van der Waals surface area contributed by atoms with Crippen molar-refractivity contribution in [2.24, 2.45) is 28.2 Å². The molecule has 0 spiro atoms. The van der Waals surface area contributed by atoms with Gasteiger partial charge in [-0.25, -0.2) is 18.7 Å². The minimum Gasteiger partial charge on any atom is -0.487 e. The molecule has 8 aromatic rings. The third-order valence-electron chi connectivity index (χ3n) is 12.8. The van der Waals surface area contributed by atoms with Gasteiger partial charge in [-0.1, -0.05) is 109 Å². The summed E-state index contributed by atoms with van der Waals surface area (Å²) in [6.45, 7) is 16.8. The summed E-state index contributed by atoms with van der Waals surface area (Å²) in [5.74, 6) is 1.20. The summed E-state index contributed by atoms with van der Waals surface area (Å²) in [5, 5.41) is 16.5. The summed E-state index contributed by atoms with van der Waals surface area (Å²) in [5.41, 5.74) is 8.35. The first-order valence-electron chi connectivity index (χ1n) is 25.9. The number of cyclic esters (lactones) is 2. The van der Waals surface area contributed by atoms with Gasteiger partial charge in [-0.15, -0.1) is 0 Å². The van der Waals surface area contributed by atoms with Gasteiger partial charge in [-0.3, -0.25) is 33.6 Å². The number of carbonyl (C=O) groups excluding carboxylic acids is 6. The summed E-state index contributed by atoms with van der Waals surface area (Å²) in [7, 11) is 14.7. The third-order valence-corrected chi connectivity index (χ3v) is 12.8. The van der Waals surface area contributed by atoms with E-state index < -0.39 is 17.8 Å². The summed E-state index contributed by atoms with van der Waals surface area (Å²) in [6, 6.07) is 37.8. The average Bonchev–Trinajstić information content (AvgIpc) is 1.80. The summed E-state index contributed by atoms with van der Waals surface area (Å²) in [4.78, 5) is 84.7. The first-order valence-corrected chi connectivity index (χ1v) is 25.9. The zero-order chi connectivity index (χ0) is 61.2. The van der Waals surface area contributed by atoms with E-state index in [1.54, 1.807) is 21.1 Å². The molecule has 21 heteroatoms. The van der Waals surface area contributed by atoms with E-state index in [1.165, 1.54) is 42.7 Å². The third kappa shape index (κ3) is 14.5. The molecule has 436 valence electrons. The van der Waals surface area contributed by atoms with Gasteiger partial charge in [0.05, 0.1) is 53.7 Å². The lowest BCUT2D eigenvalue weighted by molar-refractivity contribution is -0.650. The van der Waals surface area contributed by atoms with Crippen LogP contribution in [0.2, 0.25) is 0 Å². The highest BCUT2D eigenvalue weighted by Gasteiger charge is 2.33. The number of carbonyl (C=O) groups is 6. The normalized spacial score (nSPS) is 10.7. The van der Waals surface area contributed by atoms with Gasteiger partial charge in [-0.2, -0.15) is 0 Å². The number of hydrogen-bond acceptors (Lipinski definition) is 13. The molecule has 85 heavy (non-hydrogen) atoms. The van der Waals surface area contributed by atoms with E-state index in [0.29, 0.717) is 12.4 Å². The minimum atomic E-state index is -0.699. The van der Waals surface area contributed by atoms with Crippen molar-refractivity contribution in [3.05, 3.63) is 190 Å². The van der Waals surface area contributed by atoms with Crippen LogP contribution in [0.3, 0.4) is 0 Å². The fourth-order valence-electron chi connectivity index (χ4n) is 8.63. The van der Waals surface area contributed by atoms with Crippen molar-refractivity contribution in [1.82, 2.24) is 50.3 Å². The van der Waals surface area contributed by atoms with E-state index in [0.717, 1.165) is 95.8 Å². The van der Waals surface area contributed by atoms with Crippen LogP contribution in [0.25, 0.3) is 89.7 Å². The molecule has 0 unspecified atom stereocenters. The second-order valence-electron chi connectivity index (χ2n) is 17.9. The Balaban J connectivity index is 0.000000262. The zero-order valence-electron chi connectivity index (χ0n) is 47.9. The molecule has 3 aliphatic heterocycles. The SMILES string of the molecule is C.C=CC(=O)NC.C=CC(=O)NC.C=CC(=O)NC.C=CC(=O)Nc1ccc2c(c1)C(=O)OC2=O.C=COCNC.Cn1c2nc3[n+](C)c(nc4c5ccccc5c(nc5[n+](C)c(nc1c1ccccc12)-c1ccccc1-5)n4C)-c1ccccc1-3. The number of benzene rings is 5. The van der Waals surface area contributed by atoms with E-state index in [4.69, 9.17) is 19.9 Å². The maximum atomic E-state index is 11.2. The van der Waals surface area contributed by atoms with Crippen LogP contribution >= 0.6 is 0 Å². The van der Waals surface area contributed by atoms with Crippen molar-refractivity contribution in [2.45, 2.75) is 7.43 Å². The summed E-state index contributed by atoms with van der Waals surface area (Å²) in [6.07, 6.45) is 6.17. The Hall–Kier alpha value is -11.1. The molecule has 0 atom stereocenters. The molecular weight excluding hydrogens is 1080 g/mol. The standard InChI is InChI=1S/C36H28N8.C11H7NO4.C4H9NO.3C4H7NO.CH4/c1-41-29-21-13-5-6-14-22(21)30(41)38-32-24-16-8-10-18-26(24)34(43(32)3)40-36-28-20-12-11-19-27(28)35(44(36)4)39-33-25-17-9-7-15-23(25)31(37-29)42(33)2;1-2-9(13)12-6-3-4-7-8(5-6)11(15)16-10(7)14;1-3-6-4-5-2;3*1-3-4(6)5-2;/h5-20H,1-4H3;2-5H,1H2,(H,12,13);3,5H,1,4H2,2H3;3*3H,1H2,2H3,(H,5,6);1H4/q+2;;;;;;. The van der Waals surface area contributed by atoms with E-state index in [1.807, 2.05) is 35.2 Å². The number of aromatic nitrogens is 8. The van der Waals surface area contributed by atoms with Crippen LogP contribution in [0, 0.1) is 0 Å². The van der Waals surface area contributed by atoms with Crippen LogP contribution in [0.4, 0.5) is 5.69 Å². The van der Waals surface area contributed by atoms with Gasteiger partial charge >= 0.3 is 11.9 Å². The van der Waals surface area contributed by atoms with Crippen molar-refractivity contribution in [3.8, 4) is 45.6 Å². The van der Waals surface area contributed by atoms with Crippen molar-refractivity contribution in [2.75, 3.05) is 40.2 Å². The monoisotopic (exact) mass is 1150 g/mol. The van der Waals surface area contributed by atoms with Gasteiger partial charge in [0.1, 0.15) is 6.73 Å². The molecule has 5 N–H and O–H groups in total. The maximum Gasteiger partial charge on any atom is 0.346 e. The van der Waals surface area contributed by atoms with Crippen LogP contribution in [-0.4, -0.2) is 99.6 Å². The number of rotatable bonds is 8. The number of nitrogens with zero attached hydrogens (tertiary/aromatic N) is 8. The zero-order valence-corrected chi connectivity index (χ0v) is 47.9. The van der Waals surface area contributed by atoms with Gasteiger partial charge in [-0.05, 0) is 98.1 Å². The van der Waals surface area contributed by atoms with E-state index >= 15 is 0 Å². The van der Waals surface area contributed by atoms with Gasteiger partial charge in [0.25, 0.3) is 23.3 Å². The van der Waals surface area contributed by atoms with Crippen LogP contribution in [0.15, 0.2) is 179 Å². The summed E-state index contributed by atoms with van der Waals surface area (Å²) < 4.78 is 17.4. The van der Waals surface area contributed by atoms with Gasteiger partial charge in [0.2, 0.25) is 46.2 Å². The molecular formula is C64H69N13O8+2. The number of esters is 2. The number of fused-ring (bicyclic) bond motifs is 21. The Morgan fingerprint density at radius 1 is 0.494 bits per heavy atom. The molecule has 0 fully saturated rings. The predicted molar refractivity (Wildman–Crippen MR) is 332 cm³/mol. The molecule has 4 amide bonds. The van der Waals surface area contributed by atoms with Crippen molar-refractivity contribution < 1.29 is 47.4 Å². The fraction of sp³-hybridized carbons (Fsp3) is 0.156. The number of nitrogens with one attached hydrogen (secondary N) is 5. The van der Waals surface area contributed by atoms with Gasteiger partial charge < -0.3 is 30.7 Å². The van der Waals surface area contributed by atoms with Crippen LogP contribution < -0.4 is 35.7 Å². The van der Waals surface area contributed by atoms with Crippen molar-refractivity contribution in [1.29, 1.82) is 0 Å². The van der Waals surface area contributed by atoms with Gasteiger partial charge in [0, 0.05) is 62.5 Å². The Morgan fingerprint density at radius 2 is 0.812 bits per heavy atom. The Labute approximate surface area is 492 Å². The fourth-order valence-corrected chi connectivity index (χ4v) is 8.63. The van der Waals surface area contributed by atoms with E-state index in [-0.39, 0.29) is 36.3 Å². The van der Waals surface area contributed by atoms with Crippen LogP contribution in [-0.2, 0) is 56.8 Å². The first-order chi connectivity index (χ1) is 40.5. The topological polar surface area (TPSA) is 250 Å². The van der Waals surface area contributed by atoms with Gasteiger partial charge in [0.15, 0.2) is 0 Å². The Morgan fingerprint density at radius 3 is 1.08 bits per heavy atom. The van der Waals surface area contributed by atoms with Crippen molar-refractivity contribution in [3.63, 3.8) is 0 Å². The number of likely N-dealkylation sites (N-methyl/N-ethyl adjacent to an activating group) is 3. The lowest BCUT2D eigenvalue weighted by atomic mass is 10.1. The molecule has 0 aliphatic carbocycles. The van der Waals surface area contributed by atoms with Crippen molar-refractivity contribution >= 4 is 85.4 Å². The number of anilines is 1. The maximum absolute atomic E-state index is 11.2. The van der Waals surface area contributed by atoms with Crippen LogP contribution in [0.5, 0.6) is 0 Å². The lowest BCUT2D eigenvalue weighted by Crippen LogP contribution is -2.31. The molecule has 3 aromatic heterocycles. The largest absolute Gasteiger partial charge is 0.487 e. The predicted octanol–water partition coefficient (Wildman–Crippen LogP) is 7.59. The number of aryl methyl sites for hydroxylation is 2. The van der Waals surface area contributed by atoms with E-state index in [2.05, 4.69) is 184 Å². The number of ether oxygens (including phenoxy) is 2. The quantitative estimate of drug-likeness (QED) is 0.0187. The minimum absolute atomic E-state index is 0. The molecule has 0 saturated carbocycles. The second-order valence-corrected chi connectivity index (χ2v) is 17.9. The van der Waals surface area contributed by atoms with Crippen LogP contribution in [0.1, 0.15) is 28.1 Å². The highest BCUT2D eigenvalue weighted by atomic mass is 16.6. The summed E-state index contributed by atoms with van der Waals surface area (Å²) >= 11 is 0. The highest BCUT2D eigenvalue weighted by Crippen LogP contribution is 2.36. The molecule has 5 aromatic carbocycles. The molecule has 0 radical (unpaired) electrons. The smallest absolute Gasteiger partial charge is 0.346 e. The molecule has 3 aliphatic rings. The number of hydrogen-bond donors (Lipinski definition) is 5. The molecule has 8 bridgehead atoms. The molecule has 6 heterocycles. The molecule has 21 nitrogen and oxygen atoms in total. The lowest BCUT2D eigenvalue weighted by Gasteiger charge is -2.02. The molecule has 11 rings (SSSR count).